The molecule has 0 aliphatic heterocycles. The number of benzene rings is 1. The second-order valence-electron chi connectivity index (χ2n) is 7.62. The third kappa shape index (κ3) is 5.07. The van der Waals surface area contributed by atoms with Crippen molar-refractivity contribution >= 4 is 27.5 Å². The lowest BCUT2D eigenvalue weighted by Crippen LogP contribution is -2.48. The highest BCUT2D eigenvalue weighted by molar-refractivity contribution is 7.89. The zero-order valence-electron chi connectivity index (χ0n) is 15.3. The molecule has 8 heteroatoms. The summed E-state index contributed by atoms with van der Waals surface area (Å²) in [5.74, 6) is -0.575. The Hall–Kier alpha value is -1.93. The number of primary sulfonamides is 1. The molecule has 0 atom stereocenters. The van der Waals surface area contributed by atoms with Crippen molar-refractivity contribution in [3.05, 3.63) is 24.3 Å². The van der Waals surface area contributed by atoms with Gasteiger partial charge in [0.25, 0.3) is 0 Å². The highest BCUT2D eigenvalue weighted by atomic mass is 32.2. The number of carbonyl (C=O) groups is 2. The molecule has 0 spiro atoms. The first-order valence-electron chi connectivity index (χ1n) is 9.59. The van der Waals surface area contributed by atoms with E-state index >= 15 is 0 Å². The average molecular weight is 394 g/mol. The van der Waals surface area contributed by atoms with Gasteiger partial charge in [0.15, 0.2) is 0 Å². The zero-order chi connectivity index (χ0) is 19.4. The van der Waals surface area contributed by atoms with Crippen LogP contribution in [0.3, 0.4) is 0 Å². The van der Waals surface area contributed by atoms with Crippen LogP contribution in [0.2, 0.25) is 0 Å². The Labute approximate surface area is 160 Å². The maximum Gasteiger partial charge on any atom is 0.313 e. The lowest BCUT2D eigenvalue weighted by molar-refractivity contribution is -0.137. The Morgan fingerprint density at radius 3 is 2.04 bits per heavy atom. The molecule has 27 heavy (non-hydrogen) atoms. The van der Waals surface area contributed by atoms with Gasteiger partial charge in [0, 0.05) is 11.7 Å². The average Bonchev–Trinajstić information content (AvgIpc) is 3.33. The molecule has 0 radical (unpaired) electrons. The Bertz CT molecular complexity index is 781. The van der Waals surface area contributed by atoms with Crippen molar-refractivity contribution in [2.24, 2.45) is 17.0 Å². The molecule has 3 rings (SSSR count). The smallest absolute Gasteiger partial charge is 0.313 e. The summed E-state index contributed by atoms with van der Waals surface area (Å²) in [6.07, 6.45) is 9.09. The summed E-state index contributed by atoms with van der Waals surface area (Å²) in [5, 5.41) is 10.5. The van der Waals surface area contributed by atoms with E-state index in [-0.39, 0.29) is 16.6 Å². The number of rotatable bonds is 5. The molecule has 0 heterocycles. The Morgan fingerprint density at radius 2 is 1.52 bits per heavy atom. The number of anilines is 1. The quantitative estimate of drug-likeness (QED) is 0.664. The molecule has 0 unspecified atom stereocenters. The topological polar surface area (TPSA) is 118 Å². The van der Waals surface area contributed by atoms with Crippen LogP contribution in [-0.4, -0.2) is 26.3 Å². The first-order chi connectivity index (χ1) is 12.8. The van der Waals surface area contributed by atoms with E-state index in [9.17, 15) is 18.0 Å². The normalized spacial score (nSPS) is 18.7. The SMILES string of the molecule is NS(=O)(=O)c1cccc(NC(=O)C(=O)NC(C2CCCC2)C2CCCC2)c1. The maximum atomic E-state index is 12.5. The fraction of sp³-hybridized carbons (Fsp3) is 0.579. The van der Waals surface area contributed by atoms with Crippen LogP contribution in [0.1, 0.15) is 51.4 Å². The largest absolute Gasteiger partial charge is 0.345 e. The molecule has 2 aliphatic carbocycles. The van der Waals surface area contributed by atoms with Gasteiger partial charge in [-0.25, -0.2) is 13.6 Å². The number of carbonyl (C=O) groups excluding carboxylic acids is 2. The Morgan fingerprint density at radius 1 is 0.963 bits per heavy atom. The van der Waals surface area contributed by atoms with E-state index in [1.165, 1.54) is 49.9 Å². The molecule has 4 N–H and O–H groups in total. The van der Waals surface area contributed by atoms with E-state index < -0.39 is 21.8 Å². The monoisotopic (exact) mass is 393 g/mol. The highest BCUT2D eigenvalue weighted by Gasteiger charge is 2.35. The van der Waals surface area contributed by atoms with Crippen LogP contribution in [0.15, 0.2) is 29.2 Å². The molecule has 2 fully saturated rings. The second kappa shape index (κ2) is 8.39. The zero-order valence-corrected chi connectivity index (χ0v) is 16.1. The molecule has 2 saturated carbocycles. The molecule has 0 aromatic heterocycles. The van der Waals surface area contributed by atoms with Gasteiger partial charge in [-0.2, -0.15) is 0 Å². The fourth-order valence-corrected chi connectivity index (χ4v) is 4.97. The molecule has 1 aromatic carbocycles. The standard InChI is InChI=1S/C19H27N3O4S/c20-27(25,26)16-11-5-10-15(12-16)21-18(23)19(24)22-17(13-6-1-2-7-13)14-8-3-4-9-14/h5,10-14,17H,1-4,6-9H2,(H,21,23)(H,22,24)(H2,20,25,26). The first kappa shape index (κ1) is 19.8. The summed E-state index contributed by atoms with van der Waals surface area (Å²) in [5.41, 5.74) is 0.222. The van der Waals surface area contributed by atoms with E-state index in [1.807, 2.05) is 0 Å². The minimum atomic E-state index is -3.87. The highest BCUT2D eigenvalue weighted by Crippen LogP contribution is 2.37. The minimum absolute atomic E-state index is 0.0454. The van der Waals surface area contributed by atoms with E-state index in [2.05, 4.69) is 10.6 Å². The lowest BCUT2D eigenvalue weighted by atomic mass is 9.86. The summed E-state index contributed by atoms with van der Waals surface area (Å²) in [4.78, 5) is 24.7. The van der Waals surface area contributed by atoms with Gasteiger partial charge >= 0.3 is 11.8 Å². The van der Waals surface area contributed by atoms with Crippen LogP contribution in [-0.2, 0) is 19.6 Å². The van der Waals surface area contributed by atoms with Gasteiger partial charge in [-0.1, -0.05) is 31.7 Å². The van der Waals surface area contributed by atoms with Crippen molar-refractivity contribution in [3.63, 3.8) is 0 Å². The molecule has 0 saturated heterocycles. The fourth-order valence-electron chi connectivity index (χ4n) is 4.41. The predicted octanol–water partition coefficient (Wildman–Crippen LogP) is 2.14. The van der Waals surface area contributed by atoms with Crippen molar-refractivity contribution < 1.29 is 18.0 Å². The van der Waals surface area contributed by atoms with Gasteiger partial charge < -0.3 is 10.6 Å². The van der Waals surface area contributed by atoms with Gasteiger partial charge in [0.2, 0.25) is 10.0 Å². The van der Waals surface area contributed by atoms with E-state index in [4.69, 9.17) is 5.14 Å². The predicted molar refractivity (Wildman–Crippen MR) is 102 cm³/mol. The molecule has 1 aromatic rings. The van der Waals surface area contributed by atoms with Crippen LogP contribution in [0.4, 0.5) is 5.69 Å². The molecule has 7 nitrogen and oxygen atoms in total. The number of hydrogen-bond acceptors (Lipinski definition) is 4. The molecular weight excluding hydrogens is 366 g/mol. The number of amides is 2. The van der Waals surface area contributed by atoms with Gasteiger partial charge in [-0.15, -0.1) is 0 Å². The summed E-state index contributed by atoms with van der Waals surface area (Å²) in [7, 11) is -3.87. The van der Waals surface area contributed by atoms with Crippen LogP contribution in [0.5, 0.6) is 0 Å². The minimum Gasteiger partial charge on any atom is -0.345 e. The van der Waals surface area contributed by atoms with Gasteiger partial charge in [-0.05, 0) is 55.7 Å². The third-order valence-corrected chi connectivity index (χ3v) is 6.65. The number of nitrogens with one attached hydrogen (secondary N) is 2. The van der Waals surface area contributed by atoms with Gasteiger partial charge in [-0.3, -0.25) is 9.59 Å². The molecule has 2 aliphatic rings. The van der Waals surface area contributed by atoms with Gasteiger partial charge in [0.05, 0.1) is 4.90 Å². The second-order valence-corrected chi connectivity index (χ2v) is 9.18. The van der Waals surface area contributed by atoms with Crippen molar-refractivity contribution in [1.82, 2.24) is 5.32 Å². The number of hydrogen-bond donors (Lipinski definition) is 3. The summed E-state index contributed by atoms with van der Waals surface area (Å²) < 4.78 is 22.9. The molecule has 2 amide bonds. The van der Waals surface area contributed by atoms with Crippen LogP contribution >= 0.6 is 0 Å². The van der Waals surface area contributed by atoms with E-state index in [1.54, 1.807) is 0 Å². The molecular formula is C19H27N3O4S. The van der Waals surface area contributed by atoms with Crippen molar-refractivity contribution in [1.29, 1.82) is 0 Å². The van der Waals surface area contributed by atoms with Crippen LogP contribution in [0, 0.1) is 11.8 Å². The van der Waals surface area contributed by atoms with Crippen molar-refractivity contribution in [2.45, 2.75) is 62.3 Å². The summed E-state index contributed by atoms with van der Waals surface area (Å²) >= 11 is 0. The third-order valence-electron chi connectivity index (χ3n) is 5.74. The summed E-state index contributed by atoms with van der Waals surface area (Å²) in [6.45, 7) is 0. The first-order valence-corrected chi connectivity index (χ1v) is 11.1. The summed E-state index contributed by atoms with van der Waals surface area (Å²) in [6, 6.07) is 5.61. The number of sulfonamides is 1. The van der Waals surface area contributed by atoms with Gasteiger partial charge in [0.1, 0.15) is 0 Å². The van der Waals surface area contributed by atoms with E-state index in [0.29, 0.717) is 11.8 Å². The van der Waals surface area contributed by atoms with Crippen LogP contribution < -0.4 is 15.8 Å². The Kier molecular flexibility index (Phi) is 6.16. The Balaban J connectivity index is 1.66. The van der Waals surface area contributed by atoms with E-state index in [0.717, 1.165) is 25.7 Å². The lowest BCUT2D eigenvalue weighted by Gasteiger charge is -2.30. The molecule has 0 bridgehead atoms. The molecule has 148 valence electrons. The van der Waals surface area contributed by atoms with Crippen LogP contribution in [0.25, 0.3) is 0 Å². The van der Waals surface area contributed by atoms with Crippen molar-refractivity contribution in [2.75, 3.05) is 5.32 Å². The maximum absolute atomic E-state index is 12.5. The number of nitrogens with two attached hydrogens (primary N) is 1. The van der Waals surface area contributed by atoms with Crippen molar-refractivity contribution in [3.8, 4) is 0 Å².